The van der Waals surface area contributed by atoms with Gasteiger partial charge in [-0.3, -0.25) is 0 Å². The fourth-order valence-corrected chi connectivity index (χ4v) is 7.12. The average Bonchev–Trinajstić information content (AvgIpc) is 3.49. The molecule has 5 N–H and O–H groups in total. The molecule has 3 aromatic rings. The lowest BCUT2D eigenvalue weighted by molar-refractivity contribution is -0.0312. The highest BCUT2D eigenvalue weighted by Gasteiger charge is 2.44. The number of nitrogens with one attached hydrogen (secondary N) is 2. The molecule has 1 spiro atoms. The lowest BCUT2D eigenvalue weighted by Crippen LogP contribution is -2.47. The van der Waals surface area contributed by atoms with E-state index in [9.17, 15) is 21.9 Å². The van der Waals surface area contributed by atoms with Gasteiger partial charge in [-0.15, -0.1) is 0 Å². The standard InChI is InChI=1S/C25H33N5O7S2/c1-17-12-28-24-23(17)10-22(14-29-24)39(34,35)30-7-5-25(6-8-30)11-18(15-37-25)27-13-19(31)16-36-20-3-2-4-21(9-20)38(26,32)33/h2-4,9-10,12,14,18-19,27,31H,5-8,11,13,15-16H2,1H3,(H,28,29)(H2,26,32,33)/t18-,19?/m1/s1. The molecule has 212 valence electrons. The normalized spacial score (nSPS) is 20.9. The number of hydrogen-bond donors (Lipinski definition) is 4. The van der Waals surface area contributed by atoms with Crippen molar-refractivity contribution in [3.05, 3.63) is 48.3 Å². The maximum Gasteiger partial charge on any atom is 0.244 e. The third-order valence-corrected chi connectivity index (χ3v) is 10.2. The molecule has 12 nitrogen and oxygen atoms in total. The Kier molecular flexibility index (Phi) is 7.72. The van der Waals surface area contributed by atoms with Gasteiger partial charge in [-0.2, -0.15) is 4.31 Å². The molecule has 1 aromatic carbocycles. The van der Waals surface area contributed by atoms with E-state index in [1.807, 2.05) is 13.1 Å². The highest BCUT2D eigenvalue weighted by atomic mass is 32.2. The number of ether oxygens (including phenoxy) is 2. The van der Waals surface area contributed by atoms with Crippen molar-refractivity contribution in [2.24, 2.45) is 5.14 Å². The van der Waals surface area contributed by atoms with Gasteiger partial charge in [-0.05, 0) is 49.9 Å². The van der Waals surface area contributed by atoms with E-state index < -0.39 is 31.8 Å². The van der Waals surface area contributed by atoms with Gasteiger partial charge >= 0.3 is 0 Å². The molecule has 2 aliphatic rings. The molecule has 2 fully saturated rings. The maximum atomic E-state index is 13.3. The minimum atomic E-state index is -3.84. The Labute approximate surface area is 227 Å². The number of pyridine rings is 1. The Bertz CT molecular complexity index is 1550. The number of primary sulfonamides is 1. The first kappa shape index (κ1) is 28.0. The van der Waals surface area contributed by atoms with Gasteiger partial charge in [-0.25, -0.2) is 27.0 Å². The summed E-state index contributed by atoms with van der Waals surface area (Å²) in [4.78, 5) is 7.43. The van der Waals surface area contributed by atoms with Crippen LogP contribution in [0.15, 0.2) is 52.5 Å². The highest BCUT2D eigenvalue weighted by Crippen LogP contribution is 2.37. The zero-order valence-corrected chi connectivity index (χ0v) is 23.2. The van der Waals surface area contributed by atoms with E-state index >= 15 is 0 Å². The third kappa shape index (κ3) is 6.11. The second-order valence-corrected chi connectivity index (χ2v) is 13.7. The van der Waals surface area contributed by atoms with E-state index in [0.29, 0.717) is 50.4 Å². The van der Waals surface area contributed by atoms with Gasteiger partial charge in [0.2, 0.25) is 20.0 Å². The minimum absolute atomic E-state index is 0.0108. The van der Waals surface area contributed by atoms with Crippen LogP contribution in [0, 0.1) is 6.92 Å². The topological polar surface area (TPSA) is 177 Å². The number of nitrogens with zero attached hydrogens (tertiary/aromatic N) is 2. The number of piperidine rings is 1. The molecular formula is C25H33N5O7S2. The van der Waals surface area contributed by atoms with E-state index in [0.717, 1.165) is 10.9 Å². The van der Waals surface area contributed by atoms with Crippen LogP contribution in [0.1, 0.15) is 24.8 Å². The average molecular weight is 580 g/mol. The number of benzene rings is 1. The van der Waals surface area contributed by atoms with Crippen molar-refractivity contribution < 1.29 is 31.4 Å². The zero-order valence-electron chi connectivity index (χ0n) is 21.5. The lowest BCUT2D eigenvalue weighted by atomic mass is 9.88. The summed E-state index contributed by atoms with van der Waals surface area (Å²) < 4.78 is 62.7. The van der Waals surface area contributed by atoms with Gasteiger partial charge in [0, 0.05) is 49.5 Å². The first-order valence-corrected chi connectivity index (χ1v) is 15.7. The van der Waals surface area contributed by atoms with Crippen LogP contribution in [0.4, 0.5) is 0 Å². The molecule has 0 aliphatic carbocycles. The summed E-state index contributed by atoms with van der Waals surface area (Å²) in [6, 6.07) is 7.47. The summed E-state index contributed by atoms with van der Waals surface area (Å²) in [5, 5.41) is 19.6. The van der Waals surface area contributed by atoms with Crippen LogP contribution in [0.3, 0.4) is 0 Å². The van der Waals surface area contributed by atoms with Gasteiger partial charge in [0.05, 0.1) is 17.1 Å². The van der Waals surface area contributed by atoms with Crippen molar-refractivity contribution >= 4 is 31.1 Å². The van der Waals surface area contributed by atoms with Crippen LogP contribution in [-0.2, 0) is 24.8 Å². The van der Waals surface area contributed by atoms with E-state index in [4.69, 9.17) is 14.6 Å². The van der Waals surface area contributed by atoms with Crippen molar-refractivity contribution in [2.75, 3.05) is 32.8 Å². The maximum absolute atomic E-state index is 13.3. The molecule has 2 saturated heterocycles. The van der Waals surface area contributed by atoms with Crippen LogP contribution in [-0.4, -0.2) is 86.8 Å². The van der Waals surface area contributed by atoms with Crippen LogP contribution in [0.25, 0.3) is 11.0 Å². The molecule has 39 heavy (non-hydrogen) atoms. The minimum Gasteiger partial charge on any atom is -0.491 e. The smallest absolute Gasteiger partial charge is 0.244 e. The van der Waals surface area contributed by atoms with Gasteiger partial charge in [0.25, 0.3) is 0 Å². The van der Waals surface area contributed by atoms with E-state index in [-0.39, 0.29) is 29.0 Å². The fraction of sp³-hybridized carbons (Fsp3) is 0.480. The third-order valence-electron chi connectivity index (χ3n) is 7.41. The first-order chi connectivity index (χ1) is 18.5. The highest BCUT2D eigenvalue weighted by molar-refractivity contribution is 7.89. The molecule has 1 unspecified atom stereocenters. The number of aromatic nitrogens is 2. The zero-order chi connectivity index (χ0) is 27.8. The van der Waals surface area contributed by atoms with Crippen molar-refractivity contribution in [3.63, 3.8) is 0 Å². The number of aliphatic hydroxyl groups is 1. The summed E-state index contributed by atoms with van der Waals surface area (Å²) in [7, 11) is -7.51. The second-order valence-electron chi connectivity index (χ2n) is 10.2. The number of aryl methyl sites for hydroxylation is 1. The molecule has 2 aliphatic heterocycles. The number of H-pyrrole nitrogens is 1. The van der Waals surface area contributed by atoms with Crippen LogP contribution in [0.2, 0.25) is 0 Å². The summed E-state index contributed by atoms with van der Waals surface area (Å²) in [6.45, 7) is 3.30. The Morgan fingerprint density at radius 1 is 1.26 bits per heavy atom. The van der Waals surface area contributed by atoms with E-state index in [1.54, 1.807) is 12.1 Å². The molecule has 0 bridgehead atoms. The molecule has 2 atom stereocenters. The number of rotatable bonds is 9. The van der Waals surface area contributed by atoms with Gasteiger partial charge in [0.15, 0.2) is 0 Å². The number of hydrogen-bond acceptors (Lipinski definition) is 9. The number of sulfonamides is 2. The largest absolute Gasteiger partial charge is 0.491 e. The Morgan fingerprint density at radius 2 is 2.03 bits per heavy atom. The van der Waals surface area contributed by atoms with Gasteiger partial charge in [0.1, 0.15) is 29.0 Å². The number of aliphatic hydroxyl groups excluding tert-OH is 1. The molecular weight excluding hydrogens is 546 g/mol. The Morgan fingerprint density at radius 3 is 2.77 bits per heavy atom. The molecule has 0 saturated carbocycles. The van der Waals surface area contributed by atoms with Crippen LogP contribution in [0.5, 0.6) is 5.75 Å². The molecule has 2 aromatic heterocycles. The van der Waals surface area contributed by atoms with Crippen LogP contribution < -0.4 is 15.2 Å². The molecule has 5 rings (SSSR count). The summed E-state index contributed by atoms with van der Waals surface area (Å²) >= 11 is 0. The second kappa shape index (κ2) is 10.8. The Hall–Kier alpha value is -2.59. The molecule has 0 radical (unpaired) electrons. The van der Waals surface area contributed by atoms with Gasteiger partial charge < -0.3 is 24.9 Å². The summed E-state index contributed by atoms with van der Waals surface area (Å²) in [5.41, 5.74) is 1.20. The predicted octanol–water partition coefficient (Wildman–Crippen LogP) is 0.860. The summed E-state index contributed by atoms with van der Waals surface area (Å²) in [6.07, 6.45) is 4.24. The molecule has 4 heterocycles. The molecule has 0 amide bonds. The number of nitrogens with two attached hydrogens (primary N) is 1. The monoisotopic (exact) mass is 579 g/mol. The van der Waals surface area contributed by atoms with E-state index in [2.05, 4.69) is 15.3 Å². The van der Waals surface area contributed by atoms with Crippen molar-refractivity contribution in [1.82, 2.24) is 19.6 Å². The molecule has 14 heteroatoms. The Balaban J connectivity index is 1.10. The van der Waals surface area contributed by atoms with Crippen molar-refractivity contribution in [3.8, 4) is 5.75 Å². The lowest BCUT2D eigenvalue weighted by Gasteiger charge is -2.38. The van der Waals surface area contributed by atoms with E-state index in [1.165, 1.54) is 28.7 Å². The fourth-order valence-electron chi connectivity index (χ4n) is 5.16. The number of fused-ring (bicyclic) bond motifs is 1. The van der Waals surface area contributed by atoms with Crippen molar-refractivity contribution in [1.29, 1.82) is 0 Å². The predicted molar refractivity (Wildman–Crippen MR) is 143 cm³/mol. The van der Waals surface area contributed by atoms with Crippen molar-refractivity contribution in [2.45, 2.75) is 53.7 Å². The summed E-state index contributed by atoms with van der Waals surface area (Å²) in [5.74, 6) is 0.296. The first-order valence-electron chi connectivity index (χ1n) is 12.7. The van der Waals surface area contributed by atoms with Gasteiger partial charge in [-0.1, -0.05) is 6.07 Å². The van der Waals surface area contributed by atoms with Crippen LogP contribution >= 0.6 is 0 Å². The number of aromatic amines is 1. The SMILES string of the molecule is Cc1c[nH]c2ncc(S(=O)(=O)N3CCC4(CC3)C[C@@H](NCC(O)COc3cccc(S(N)(=O)=O)c3)CO4)cc12. The quantitative estimate of drug-likeness (QED) is 0.286.